The van der Waals surface area contributed by atoms with Crippen molar-refractivity contribution in [3.63, 3.8) is 0 Å². The summed E-state index contributed by atoms with van der Waals surface area (Å²) in [6, 6.07) is 5.41. The van der Waals surface area contributed by atoms with Crippen LogP contribution in [0.15, 0.2) is 36.9 Å². The van der Waals surface area contributed by atoms with Crippen LogP contribution in [-0.2, 0) is 12.7 Å². The largest absolute Gasteiger partial charge is 0.416 e. The van der Waals surface area contributed by atoms with Crippen molar-refractivity contribution in [3.05, 3.63) is 48.0 Å². The molecule has 2 aromatic heterocycles. The predicted octanol–water partition coefficient (Wildman–Crippen LogP) is 2.48. The van der Waals surface area contributed by atoms with Crippen LogP contribution >= 0.6 is 0 Å². The first-order chi connectivity index (χ1) is 9.97. The number of rotatable bonds is 2. The number of fused-ring (bicyclic) bond motifs is 1. The number of halogens is 3. The number of hydrogen-bond acceptors (Lipinski definition) is 4. The van der Waals surface area contributed by atoms with Crippen LogP contribution in [0.3, 0.4) is 0 Å². The molecule has 0 aliphatic carbocycles. The van der Waals surface area contributed by atoms with Crippen LogP contribution in [0.2, 0.25) is 0 Å². The van der Waals surface area contributed by atoms with Crippen LogP contribution in [0.5, 0.6) is 0 Å². The second-order valence-electron chi connectivity index (χ2n) is 4.46. The summed E-state index contributed by atoms with van der Waals surface area (Å²) in [5.41, 5.74) is 5.90. The number of alkyl halides is 3. The Morgan fingerprint density at radius 1 is 1.10 bits per heavy atom. The van der Waals surface area contributed by atoms with Gasteiger partial charge in [0.05, 0.1) is 18.4 Å². The lowest BCUT2D eigenvalue weighted by atomic mass is 10.1. The summed E-state index contributed by atoms with van der Waals surface area (Å²) >= 11 is 0. The quantitative estimate of drug-likeness (QED) is 0.788. The highest BCUT2D eigenvalue weighted by molar-refractivity contribution is 5.81. The van der Waals surface area contributed by atoms with Crippen LogP contribution in [0.25, 0.3) is 11.2 Å². The second kappa shape index (κ2) is 4.72. The normalized spacial score (nSPS) is 12.0. The summed E-state index contributed by atoms with van der Waals surface area (Å²) in [6.45, 7) is 0.00262. The number of hydrogen-bond donors (Lipinski definition) is 1. The third kappa shape index (κ3) is 2.39. The summed E-state index contributed by atoms with van der Waals surface area (Å²) < 4.78 is 40.5. The van der Waals surface area contributed by atoms with Crippen molar-refractivity contribution in [2.75, 3.05) is 5.73 Å². The molecule has 0 aliphatic heterocycles. The monoisotopic (exact) mass is 293 g/mol. The molecule has 0 radical (unpaired) electrons. The summed E-state index contributed by atoms with van der Waals surface area (Å²) in [4.78, 5) is 11.9. The Morgan fingerprint density at radius 2 is 1.86 bits per heavy atom. The molecule has 3 rings (SSSR count). The van der Waals surface area contributed by atoms with E-state index in [1.807, 2.05) is 0 Å². The van der Waals surface area contributed by atoms with E-state index in [2.05, 4.69) is 15.0 Å². The van der Waals surface area contributed by atoms with Crippen molar-refractivity contribution in [2.45, 2.75) is 12.7 Å². The average molecular weight is 293 g/mol. The van der Waals surface area contributed by atoms with Gasteiger partial charge in [0.25, 0.3) is 0 Å². The molecule has 0 fully saturated rings. The maximum atomic E-state index is 13.0. The van der Waals surface area contributed by atoms with E-state index in [9.17, 15) is 13.2 Å². The van der Waals surface area contributed by atoms with Crippen LogP contribution < -0.4 is 5.73 Å². The van der Waals surface area contributed by atoms with Crippen molar-refractivity contribution >= 4 is 17.0 Å². The molecule has 0 spiro atoms. The van der Waals surface area contributed by atoms with E-state index < -0.39 is 11.7 Å². The summed E-state index contributed by atoms with van der Waals surface area (Å²) in [5.74, 6) is 0.197. The minimum atomic E-state index is -4.40. The molecule has 0 amide bonds. The molecular formula is C13H10F3N5. The van der Waals surface area contributed by atoms with E-state index in [1.54, 1.807) is 6.07 Å². The van der Waals surface area contributed by atoms with Crippen LogP contribution in [0.4, 0.5) is 19.0 Å². The third-order valence-electron chi connectivity index (χ3n) is 3.09. The van der Waals surface area contributed by atoms with Crippen LogP contribution in [-0.4, -0.2) is 19.5 Å². The van der Waals surface area contributed by atoms with Crippen molar-refractivity contribution in [1.29, 1.82) is 0 Å². The summed E-state index contributed by atoms with van der Waals surface area (Å²) in [6.07, 6.45) is -1.74. The SMILES string of the molecule is Nc1ncnc2c1ncn2Cc1ccccc1C(F)(F)F. The van der Waals surface area contributed by atoms with Gasteiger partial charge in [-0.15, -0.1) is 0 Å². The van der Waals surface area contributed by atoms with Gasteiger partial charge in [-0.25, -0.2) is 15.0 Å². The standard InChI is InChI=1S/C13H10F3N5/c14-13(15,16)9-4-2-1-3-8(9)5-21-7-20-10-11(17)18-6-19-12(10)21/h1-4,6-7H,5H2,(H2,17,18,19). The second-order valence-corrected chi connectivity index (χ2v) is 4.46. The van der Waals surface area contributed by atoms with Gasteiger partial charge in [0.15, 0.2) is 11.5 Å². The predicted molar refractivity (Wildman–Crippen MR) is 70.3 cm³/mol. The number of benzene rings is 1. The minimum absolute atomic E-state index is 0.00262. The summed E-state index contributed by atoms with van der Waals surface area (Å²) in [7, 11) is 0. The van der Waals surface area contributed by atoms with E-state index in [1.165, 1.54) is 29.4 Å². The third-order valence-corrected chi connectivity index (χ3v) is 3.09. The Kier molecular flexibility index (Phi) is 3.00. The van der Waals surface area contributed by atoms with Gasteiger partial charge in [-0.05, 0) is 11.6 Å². The van der Waals surface area contributed by atoms with E-state index in [-0.39, 0.29) is 17.9 Å². The first kappa shape index (κ1) is 13.3. The van der Waals surface area contributed by atoms with Crippen molar-refractivity contribution < 1.29 is 13.2 Å². The van der Waals surface area contributed by atoms with Crippen molar-refractivity contribution in [2.24, 2.45) is 0 Å². The van der Waals surface area contributed by atoms with Crippen molar-refractivity contribution in [1.82, 2.24) is 19.5 Å². The number of imidazole rings is 1. The Morgan fingerprint density at radius 3 is 2.62 bits per heavy atom. The topological polar surface area (TPSA) is 69.6 Å². The molecule has 0 saturated carbocycles. The molecule has 108 valence electrons. The highest BCUT2D eigenvalue weighted by Crippen LogP contribution is 2.32. The fourth-order valence-electron chi connectivity index (χ4n) is 2.13. The van der Waals surface area contributed by atoms with Gasteiger partial charge in [0.2, 0.25) is 0 Å². The van der Waals surface area contributed by atoms with E-state index in [0.717, 1.165) is 6.07 Å². The number of nitrogens with two attached hydrogens (primary N) is 1. The van der Waals surface area contributed by atoms with Gasteiger partial charge in [-0.2, -0.15) is 13.2 Å². The molecule has 0 saturated heterocycles. The fourth-order valence-corrected chi connectivity index (χ4v) is 2.13. The van der Waals surface area contributed by atoms with Gasteiger partial charge >= 0.3 is 6.18 Å². The van der Waals surface area contributed by atoms with Gasteiger partial charge in [0.1, 0.15) is 11.8 Å². The first-order valence-electron chi connectivity index (χ1n) is 6.03. The molecule has 0 aliphatic rings. The zero-order valence-electron chi connectivity index (χ0n) is 10.7. The average Bonchev–Trinajstić information content (AvgIpc) is 2.83. The maximum absolute atomic E-state index is 13.0. The molecule has 2 N–H and O–H groups in total. The number of nitrogen functional groups attached to an aromatic ring is 1. The maximum Gasteiger partial charge on any atom is 0.416 e. The summed E-state index contributed by atoms with van der Waals surface area (Å²) in [5, 5.41) is 0. The Labute approximate surface area is 117 Å². The Bertz CT molecular complexity index is 794. The smallest absolute Gasteiger partial charge is 0.382 e. The van der Waals surface area contributed by atoms with Crippen LogP contribution in [0, 0.1) is 0 Å². The zero-order valence-corrected chi connectivity index (χ0v) is 10.7. The van der Waals surface area contributed by atoms with E-state index >= 15 is 0 Å². The molecule has 5 nitrogen and oxygen atoms in total. The van der Waals surface area contributed by atoms with E-state index in [0.29, 0.717) is 11.2 Å². The first-order valence-corrected chi connectivity index (χ1v) is 6.03. The molecule has 0 unspecified atom stereocenters. The Hall–Kier alpha value is -2.64. The van der Waals surface area contributed by atoms with Gasteiger partial charge in [0, 0.05) is 0 Å². The van der Waals surface area contributed by atoms with Crippen LogP contribution in [0.1, 0.15) is 11.1 Å². The molecule has 8 heteroatoms. The van der Waals surface area contributed by atoms with Gasteiger partial charge in [-0.3, -0.25) is 0 Å². The van der Waals surface area contributed by atoms with Gasteiger partial charge < -0.3 is 10.3 Å². The molecule has 1 aromatic carbocycles. The molecular weight excluding hydrogens is 283 g/mol. The lowest BCUT2D eigenvalue weighted by molar-refractivity contribution is -0.138. The number of nitrogens with zero attached hydrogens (tertiary/aromatic N) is 4. The molecule has 3 aromatic rings. The molecule has 0 bridgehead atoms. The highest BCUT2D eigenvalue weighted by atomic mass is 19.4. The minimum Gasteiger partial charge on any atom is -0.382 e. The molecule has 2 heterocycles. The Balaban J connectivity index is 2.06. The van der Waals surface area contributed by atoms with Gasteiger partial charge in [-0.1, -0.05) is 18.2 Å². The zero-order chi connectivity index (χ0) is 15.0. The van der Waals surface area contributed by atoms with E-state index in [4.69, 9.17) is 5.73 Å². The molecule has 21 heavy (non-hydrogen) atoms. The number of aromatic nitrogens is 4. The molecule has 0 atom stereocenters. The lowest BCUT2D eigenvalue weighted by Gasteiger charge is -2.13. The van der Waals surface area contributed by atoms with Crippen molar-refractivity contribution in [3.8, 4) is 0 Å². The number of anilines is 1. The fraction of sp³-hybridized carbons (Fsp3) is 0.154. The highest BCUT2D eigenvalue weighted by Gasteiger charge is 2.32. The lowest BCUT2D eigenvalue weighted by Crippen LogP contribution is -2.11.